The molecule has 0 heterocycles. The van der Waals surface area contributed by atoms with Gasteiger partial charge in [-0.3, -0.25) is 0 Å². The summed E-state index contributed by atoms with van der Waals surface area (Å²) in [6.45, 7) is -0.0596. The summed E-state index contributed by atoms with van der Waals surface area (Å²) in [6.07, 6.45) is -0.0153. The van der Waals surface area contributed by atoms with Gasteiger partial charge in [0.15, 0.2) is 0 Å². The highest BCUT2D eigenvalue weighted by atomic mass is 32.2. The second-order valence-electron chi connectivity index (χ2n) is 3.87. The largest absolute Gasteiger partial charge is 0.465 e. The first-order valence-corrected chi connectivity index (χ1v) is 6.99. The normalized spacial score (nSPS) is 11.2. The summed E-state index contributed by atoms with van der Waals surface area (Å²) >= 11 is 0. The molecule has 0 N–H and O–H groups in total. The Labute approximate surface area is 116 Å². The quantitative estimate of drug-likeness (QED) is 0.761. The van der Waals surface area contributed by atoms with E-state index in [1.807, 2.05) is 6.07 Å². The zero-order valence-corrected chi connectivity index (χ0v) is 11.8. The molecule has 0 atom stereocenters. The van der Waals surface area contributed by atoms with Crippen LogP contribution in [-0.2, 0) is 14.8 Å². The van der Waals surface area contributed by atoms with Gasteiger partial charge in [-0.1, -0.05) is 0 Å². The van der Waals surface area contributed by atoms with Crippen LogP contribution in [-0.4, -0.2) is 39.4 Å². The van der Waals surface area contributed by atoms with Crippen molar-refractivity contribution in [2.45, 2.75) is 11.3 Å². The second kappa shape index (κ2) is 6.45. The molecule has 0 saturated carbocycles. The minimum atomic E-state index is -4.08. The molecule has 6 nitrogen and oxygen atoms in total. The first-order valence-electron chi connectivity index (χ1n) is 5.55. The zero-order valence-electron chi connectivity index (χ0n) is 11.0. The third-order valence-electron chi connectivity index (χ3n) is 2.58. The molecule has 0 aromatic heterocycles. The Hall–Kier alpha value is -1.98. The molecule has 8 heteroatoms. The summed E-state index contributed by atoms with van der Waals surface area (Å²) in [5, 5.41) is 8.47. The fourth-order valence-electron chi connectivity index (χ4n) is 1.48. The third-order valence-corrected chi connectivity index (χ3v) is 4.47. The number of nitrogens with zero attached hydrogens (tertiary/aromatic N) is 2. The van der Waals surface area contributed by atoms with Crippen LogP contribution in [0, 0.1) is 17.1 Å². The lowest BCUT2D eigenvalue weighted by Gasteiger charge is -2.17. The van der Waals surface area contributed by atoms with Crippen LogP contribution >= 0.6 is 0 Å². The lowest BCUT2D eigenvalue weighted by Crippen LogP contribution is -2.29. The van der Waals surface area contributed by atoms with Crippen LogP contribution in [0.25, 0.3) is 0 Å². The van der Waals surface area contributed by atoms with Crippen LogP contribution in [0.15, 0.2) is 23.1 Å². The fourth-order valence-corrected chi connectivity index (χ4v) is 2.84. The zero-order chi connectivity index (χ0) is 15.3. The number of benzene rings is 1. The summed E-state index contributed by atoms with van der Waals surface area (Å²) in [7, 11) is -1.73. The highest BCUT2D eigenvalue weighted by Crippen LogP contribution is 2.21. The highest BCUT2D eigenvalue weighted by Gasteiger charge is 2.27. The van der Waals surface area contributed by atoms with Crippen LogP contribution in [0.4, 0.5) is 4.39 Å². The van der Waals surface area contributed by atoms with E-state index in [0.29, 0.717) is 0 Å². The first kappa shape index (κ1) is 16.1. The van der Waals surface area contributed by atoms with Gasteiger partial charge in [-0.2, -0.15) is 9.57 Å². The van der Waals surface area contributed by atoms with Gasteiger partial charge < -0.3 is 4.74 Å². The lowest BCUT2D eigenvalue weighted by atomic mass is 10.2. The van der Waals surface area contributed by atoms with E-state index < -0.39 is 26.7 Å². The minimum absolute atomic E-state index is 0.0153. The van der Waals surface area contributed by atoms with Crippen molar-refractivity contribution in [3.8, 4) is 6.07 Å². The Morgan fingerprint density at radius 2 is 2.15 bits per heavy atom. The molecule has 1 aromatic rings. The number of hydrogen-bond acceptors (Lipinski definition) is 5. The standard InChI is InChI=1S/C12H13FN2O4S/c1-15(7-3-6-14)20(17,18)11-8-9(13)4-5-10(11)12(16)19-2/h4-5,8H,3,7H2,1-2H3. The molecule has 0 radical (unpaired) electrons. The summed E-state index contributed by atoms with van der Waals surface area (Å²) in [5.74, 6) is -1.66. The van der Waals surface area contributed by atoms with Gasteiger partial charge in [0.1, 0.15) is 5.82 Å². The predicted molar refractivity (Wildman–Crippen MR) is 67.8 cm³/mol. The molecule has 0 saturated heterocycles. The summed E-state index contributed by atoms with van der Waals surface area (Å²) < 4.78 is 43.2. The van der Waals surface area contributed by atoms with Gasteiger partial charge in [-0.05, 0) is 18.2 Å². The van der Waals surface area contributed by atoms with Crippen molar-refractivity contribution in [1.82, 2.24) is 4.31 Å². The average Bonchev–Trinajstić information content (AvgIpc) is 2.43. The molecule has 108 valence electrons. The Balaban J connectivity index is 3.33. The maximum Gasteiger partial charge on any atom is 0.339 e. The smallest absolute Gasteiger partial charge is 0.339 e. The maximum atomic E-state index is 13.3. The van der Waals surface area contributed by atoms with Crippen LogP contribution in [0.1, 0.15) is 16.8 Å². The van der Waals surface area contributed by atoms with Crippen LogP contribution < -0.4 is 0 Å². The fraction of sp³-hybridized carbons (Fsp3) is 0.333. The van der Waals surface area contributed by atoms with E-state index in [9.17, 15) is 17.6 Å². The number of carbonyl (C=O) groups is 1. The average molecular weight is 300 g/mol. The maximum absolute atomic E-state index is 13.3. The molecule has 0 fully saturated rings. The Morgan fingerprint density at radius 3 is 2.70 bits per heavy atom. The van der Waals surface area contributed by atoms with E-state index in [1.165, 1.54) is 7.05 Å². The number of carbonyl (C=O) groups excluding carboxylic acids is 1. The van der Waals surface area contributed by atoms with Gasteiger partial charge in [0, 0.05) is 20.0 Å². The number of methoxy groups -OCH3 is 1. The molecule has 20 heavy (non-hydrogen) atoms. The topological polar surface area (TPSA) is 87.5 Å². The predicted octanol–water partition coefficient (Wildman–Crippen LogP) is 1.15. The van der Waals surface area contributed by atoms with Gasteiger partial charge in [0.05, 0.1) is 23.6 Å². The molecule has 0 aliphatic rings. The Kier molecular flexibility index (Phi) is 5.19. The van der Waals surface area contributed by atoms with Crippen molar-refractivity contribution in [3.63, 3.8) is 0 Å². The summed E-state index contributed by atoms with van der Waals surface area (Å²) in [6, 6.07) is 4.59. The van der Waals surface area contributed by atoms with Crippen LogP contribution in [0.2, 0.25) is 0 Å². The molecule has 1 rings (SSSR count). The van der Waals surface area contributed by atoms with Crippen molar-refractivity contribution in [2.75, 3.05) is 20.7 Å². The second-order valence-corrected chi connectivity index (χ2v) is 5.88. The summed E-state index contributed by atoms with van der Waals surface area (Å²) in [5.41, 5.74) is -0.252. The lowest BCUT2D eigenvalue weighted by molar-refractivity contribution is 0.0596. The molecular weight excluding hydrogens is 287 g/mol. The molecule has 0 bridgehead atoms. The molecule has 0 spiro atoms. The number of rotatable bonds is 5. The van der Waals surface area contributed by atoms with Crippen LogP contribution in [0.3, 0.4) is 0 Å². The number of halogens is 1. The SMILES string of the molecule is COC(=O)c1ccc(F)cc1S(=O)(=O)N(C)CCC#N. The van der Waals surface area contributed by atoms with Gasteiger partial charge in [-0.25, -0.2) is 17.6 Å². The van der Waals surface area contributed by atoms with Crippen molar-refractivity contribution in [1.29, 1.82) is 5.26 Å². The van der Waals surface area contributed by atoms with E-state index in [2.05, 4.69) is 4.74 Å². The molecule has 1 aromatic carbocycles. The number of ether oxygens (including phenoxy) is 1. The van der Waals surface area contributed by atoms with E-state index in [1.54, 1.807) is 0 Å². The molecule has 0 aliphatic carbocycles. The number of nitriles is 1. The monoisotopic (exact) mass is 300 g/mol. The van der Waals surface area contributed by atoms with Crippen LogP contribution in [0.5, 0.6) is 0 Å². The van der Waals surface area contributed by atoms with E-state index in [0.717, 1.165) is 29.6 Å². The Morgan fingerprint density at radius 1 is 1.50 bits per heavy atom. The minimum Gasteiger partial charge on any atom is -0.465 e. The van der Waals surface area contributed by atoms with Gasteiger partial charge in [-0.15, -0.1) is 0 Å². The van der Waals surface area contributed by atoms with E-state index in [-0.39, 0.29) is 18.5 Å². The van der Waals surface area contributed by atoms with Gasteiger partial charge >= 0.3 is 5.97 Å². The van der Waals surface area contributed by atoms with Gasteiger partial charge in [0.25, 0.3) is 0 Å². The van der Waals surface area contributed by atoms with Crippen molar-refractivity contribution in [2.24, 2.45) is 0 Å². The van der Waals surface area contributed by atoms with Crippen molar-refractivity contribution in [3.05, 3.63) is 29.6 Å². The van der Waals surface area contributed by atoms with Crippen molar-refractivity contribution < 1.29 is 22.3 Å². The molecule has 0 aliphatic heterocycles. The van der Waals surface area contributed by atoms with Gasteiger partial charge in [0.2, 0.25) is 10.0 Å². The Bertz CT molecular complexity index is 652. The molecule has 0 unspecified atom stereocenters. The number of hydrogen-bond donors (Lipinski definition) is 0. The van der Waals surface area contributed by atoms with Crippen molar-refractivity contribution >= 4 is 16.0 Å². The molecule has 0 amide bonds. The highest BCUT2D eigenvalue weighted by molar-refractivity contribution is 7.89. The number of sulfonamides is 1. The summed E-state index contributed by atoms with van der Waals surface area (Å²) in [4.78, 5) is 11.1. The first-order chi connectivity index (χ1) is 9.34. The third kappa shape index (κ3) is 3.31. The van der Waals surface area contributed by atoms with E-state index in [4.69, 9.17) is 5.26 Å². The van der Waals surface area contributed by atoms with E-state index >= 15 is 0 Å². The molecular formula is C12H13FN2O4S. The number of esters is 1.